The molecule has 0 aliphatic heterocycles. The minimum absolute atomic E-state index is 0.168. The van der Waals surface area contributed by atoms with Gasteiger partial charge in [0.05, 0.1) is 0 Å². The average molecular weight is 193 g/mol. The van der Waals surface area contributed by atoms with Gasteiger partial charge in [-0.3, -0.25) is 0 Å². The van der Waals surface area contributed by atoms with Gasteiger partial charge in [-0.05, 0) is 18.2 Å². The molecular weight excluding hydrogens is 178 g/mol. The van der Waals surface area contributed by atoms with Crippen molar-refractivity contribution in [2.75, 3.05) is 0 Å². The van der Waals surface area contributed by atoms with E-state index in [0.29, 0.717) is 5.56 Å². The fraction of sp³-hybridized carbons (Fsp3) is 0.364. The highest BCUT2D eigenvalue weighted by Crippen LogP contribution is 2.11. The van der Waals surface area contributed by atoms with E-state index in [2.05, 4.69) is 0 Å². The first-order chi connectivity index (χ1) is 6.39. The van der Waals surface area contributed by atoms with Gasteiger partial charge in [-0.25, -0.2) is 4.74 Å². The summed E-state index contributed by atoms with van der Waals surface area (Å²) in [5.41, 5.74) is 0.251. The summed E-state index contributed by atoms with van der Waals surface area (Å²) < 4.78 is 0.877. The molecule has 0 spiro atoms. The van der Waals surface area contributed by atoms with Crippen LogP contribution >= 0.6 is 0 Å². The Kier molecular flexibility index (Phi) is 2.79. The number of nitrogens with zero attached hydrogens (tertiary/aromatic N) is 1. The molecule has 1 rings (SSSR count). The minimum Gasteiger partial charge on any atom is -0.623 e. The van der Waals surface area contributed by atoms with E-state index in [1.807, 2.05) is 20.8 Å². The third-order valence-electron chi connectivity index (χ3n) is 1.80. The molecule has 76 valence electrons. The van der Waals surface area contributed by atoms with Gasteiger partial charge in [-0.1, -0.05) is 6.07 Å². The smallest absolute Gasteiger partial charge is 0.182 e. The van der Waals surface area contributed by atoms with E-state index in [9.17, 15) is 10.3 Å². The number of phenolic OH excluding ortho intramolecular Hbond substituents is 1. The number of hydrogen-bond donors (Lipinski definition) is 1. The average Bonchev–Trinajstić information content (AvgIpc) is 2.02. The van der Waals surface area contributed by atoms with Crippen molar-refractivity contribution in [3.63, 3.8) is 0 Å². The zero-order valence-corrected chi connectivity index (χ0v) is 8.69. The molecule has 3 nitrogen and oxygen atoms in total. The topological polar surface area (TPSA) is 46.3 Å². The second kappa shape index (κ2) is 3.70. The molecule has 0 heterocycles. The van der Waals surface area contributed by atoms with Crippen molar-refractivity contribution in [2.45, 2.75) is 26.3 Å². The Balaban J connectivity index is 2.98. The number of benzene rings is 1. The van der Waals surface area contributed by atoms with E-state index in [-0.39, 0.29) is 5.75 Å². The summed E-state index contributed by atoms with van der Waals surface area (Å²) in [6.07, 6.45) is 1.47. The molecule has 14 heavy (non-hydrogen) atoms. The molecule has 0 saturated heterocycles. The molecule has 0 radical (unpaired) electrons. The quantitative estimate of drug-likeness (QED) is 0.321. The zero-order valence-electron chi connectivity index (χ0n) is 8.69. The summed E-state index contributed by atoms with van der Waals surface area (Å²) in [6.45, 7) is 5.50. The van der Waals surface area contributed by atoms with Crippen LogP contribution in [0.2, 0.25) is 0 Å². The fourth-order valence-corrected chi connectivity index (χ4v) is 0.934. The monoisotopic (exact) mass is 193 g/mol. The van der Waals surface area contributed by atoms with Crippen molar-refractivity contribution in [2.24, 2.45) is 0 Å². The van der Waals surface area contributed by atoms with Crippen LogP contribution in [0.15, 0.2) is 24.3 Å². The Morgan fingerprint density at radius 3 is 2.50 bits per heavy atom. The van der Waals surface area contributed by atoms with Gasteiger partial charge in [-0.2, -0.15) is 0 Å². The summed E-state index contributed by atoms with van der Waals surface area (Å²) >= 11 is 0. The van der Waals surface area contributed by atoms with Crippen LogP contribution in [0, 0.1) is 5.21 Å². The van der Waals surface area contributed by atoms with Crippen molar-refractivity contribution < 1.29 is 9.85 Å². The molecule has 0 atom stereocenters. The highest BCUT2D eigenvalue weighted by molar-refractivity contribution is 5.76. The lowest BCUT2D eigenvalue weighted by Gasteiger charge is -2.18. The summed E-state index contributed by atoms with van der Waals surface area (Å²) in [6, 6.07) is 6.61. The van der Waals surface area contributed by atoms with E-state index in [4.69, 9.17) is 0 Å². The summed E-state index contributed by atoms with van der Waals surface area (Å²) in [5.74, 6) is 0.168. The van der Waals surface area contributed by atoms with Gasteiger partial charge in [0.2, 0.25) is 0 Å². The Morgan fingerprint density at radius 1 is 1.36 bits per heavy atom. The summed E-state index contributed by atoms with van der Waals surface area (Å²) in [4.78, 5) is 0. The van der Waals surface area contributed by atoms with Gasteiger partial charge in [0.1, 0.15) is 5.75 Å². The Morgan fingerprint density at radius 2 is 2.00 bits per heavy atom. The molecule has 0 aliphatic rings. The van der Waals surface area contributed by atoms with Crippen molar-refractivity contribution in [3.8, 4) is 5.75 Å². The number of aromatic hydroxyl groups is 1. The minimum atomic E-state index is -0.453. The summed E-state index contributed by atoms with van der Waals surface area (Å²) in [5, 5.41) is 20.7. The molecule has 0 bridgehead atoms. The predicted molar refractivity (Wildman–Crippen MR) is 56.7 cm³/mol. The number of phenols is 1. The van der Waals surface area contributed by atoms with Crippen molar-refractivity contribution in [3.05, 3.63) is 35.0 Å². The first kappa shape index (κ1) is 10.6. The van der Waals surface area contributed by atoms with Gasteiger partial charge in [0.15, 0.2) is 11.8 Å². The lowest BCUT2D eigenvalue weighted by Crippen LogP contribution is -2.29. The summed E-state index contributed by atoms with van der Waals surface area (Å²) in [7, 11) is 0. The maximum Gasteiger partial charge on any atom is 0.182 e. The van der Waals surface area contributed by atoms with Crippen molar-refractivity contribution >= 4 is 6.21 Å². The Hall–Kier alpha value is -1.51. The van der Waals surface area contributed by atoms with Crippen LogP contribution in [0.3, 0.4) is 0 Å². The maximum absolute atomic E-state index is 11.5. The maximum atomic E-state index is 11.5. The van der Waals surface area contributed by atoms with E-state index in [1.165, 1.54) is 6.21 Å². The van der Waals surface area contributed by atoms with Crippen molar-refractivity contribution in [1.29, 1.82) is 0 Å². The van der Waals surface area contributed by atoms with E-state index in [0.717, 1.165) is 4.74 Å². The molecule has 1 aromatic rings. The van der Waals surface area contributed by atoms with E-state index < -0.39 is 5.54 Å². The largest absolute Gasteiger partial charge is 0.623 e. The van der Waals surface area contributed by atoms with Gasteiger partial charge >= 0.3 is 0 Å². The van der Waals surface area contributed by atoms with Crippen LogP contribution in [0.5, 0.6) is 5.75 Å². The molecule has 0 aromatic heterocycles. The molecule has 0 amide bonds. The SMILES string of the molecule is CC(C)(C)[N+]([O-])=Cc1cccc(O)c1. The second-order valence-electron chi connectivity index (χ2n) is 4.22. The molecule has 1 N–H and O–H groups in total. The highest BCUT2D eigenvalue weighted by Gasteiger charge is 2.17. The van der Waals surface area contributed by atoms with Crippen LogP contribution in [-0.2, 0) is 0 Å². The second-order valence-corrected chi connectivity index (χ2v) is 4.22. The Labute approximate surface area is 83.9 Å². The van der Waals surface area contributed by atoms with Crippen LogP contribution in [-0.4, -0.2) is 21.6 Å². The molecular formula is C11H15NO2. The molecule has 0 aliphatic carbocycles. The fourth-order valence-electron chi connectivity index (χ4n) is 0.934. The number of hydroxylamine groups is 1. The number of rotatable bonds is 1. The standard InChI is InChI=1S/C11H15NO2/c1-11(2,3)12(14)8-9-5-4-6-10(13)7-9/h4-8,13H,1-3H3. The molecule has 1 aromatic carbocycles. The van der Waals surface area contributed by atoms with Crippen LogP contribution in [0.4, 0.5) is 0 Å². The third kappa shape index (κ3) is 2.76. The molecule has 0 fully saturated rings. The van der Waals surface area contributed by atoms with Gasteiger partial charge in [0, 0.05) is 26.3 Å². The van der Waals surface area contributed by atoms with Gasteiger partial charge in [0.25, 0.3) is 0 Å². The lowest BCUT2D eigenvalue weighted by atomic mass is 10.1. The first-order valence-electron chi connectivity index (χ1n) is 4.50. The van der Waals surface area contributed by atoms with Gasteiger partial charge in [-0.15, -0.1) is 0 Å². The molecule has 0 unspecified atom stereocenters. The zero-order chi connectivity index (χ0) is 10.8. The third-order valence-corrected chi connectivity index (χ3v) is 1.80. The van der Waals surface area contributed by atoms with Crippen LogP contribution in [0.1, 0.15) is 26.3 Å². The normalized spacial score (nSPS) is 12.9. The first-order valence-corrected chi connectivity index (χ1v) is 4.50. The molecule has 0 saturated carbocycles. The Bertz CT molecular complexity index is 351. The lowest BCUT2D eigenvalue weighted by molar-refractivity contribution is -0.530. The predicted octanol–water partition coefficient (Wildman–Crippen LogP) is 2.12. The highest BCUT2D eigenvalue weighted by atomic mass is 16.5. The number of hydrogen-bond acceptors (Lipinski definition) is 2. The van der Waals surface area contributed by atoms with E-state index in [1.54, 1.807) is 24.3 Å². The van der Waals surface area contributed by atoms with Crippen molar-refractivity contribution in [1.82, 2.24) is 0 Å². The van der Waals surface area contributed by atoms with Crippen LogP contribution in [0.25, 0.3) is 0 Å². The molecule has 3 heteroatoms. The van der Waals surface area contributed by atoms with Crippen LogP contribution < -0.4 is 0 Å². The van der Waals surface area contributed by atoms with Gasteiger partial charge < -0.3 is 10.3 Å². The van der Waals surface area contributed by atoms with E-state index >= 15 is 0 Å².